The molecule has 2 rings (SSSR count). The highest BCUT2D eigenvalue weighted by Crippen LogP contribution is 2.26. The number of carbonyl (C=O) groups is 1. The van der Waals surface area contributed by atoms with E-state index >= 15 is 0 Å². The number of nitrogens with zero attached hydrogens (tertiary/aromatic N) is 1. The van der Waals surface area contributed by atoms with Crippen molar-refractivity contribution >= 4 is 11.6 Å². The molecule has 1 aromatic carbocycles. The molecular formula is C15H22N2O. The molecule has 3 heteroatoms. The van der Waals surface area contributed by atoms with Gasteiger partial charge in [-0.15, -0.1) is 0 Å². The van der Waals surface area contributed by atoms with Crippen LogP contribution in [0.1, 0.15) is 30.9 Å². The van der Waals surface area contributed by atoms with Gasteiger partial charge >= 0.3 is 0 Å². The molecule has 3 nitrogen and oxygen atoms in total. The highest BCUT2D eigenvalue weighted by molar-refractivity contribution is 5.96. The monoisotopic (exact) mass is 246 g/mol. The molecule has 0 atom stereocenters. The summed E-state index contributed by atoms with van der Waals surface area (Å²) in [5, 5.41) is 3.15. The Balaban J connectivity index is 2.25. The zero-order valence-electron chi connectivity index (χ0n) is 11.7. The highest BCUT2D eigenvalue weighted by atomic mass is 16.2. The molecular weight excluding hydrogens is 224 g/mol. The van der Waals surface area contributed by atoms with Gasteiger partial charge in [0.05, 0.1) is 5.92 Å². The normalized spacial score (nSPS) is 15.6. The smallest absolute Gasteiger partial charge is 0.232 e. The van der Waals surface area contributed by atoms with Crippen LogP contribution in [0, 0.1) is 12.8 Å². The maximum Gasteiger partial charge on any atom is 0.232 e. The van der Waals surface area contributed by atoms with Gasteiger partial charge in [-0.25, -0.2) is 0 Å². The van der Waals surface area contributed by atoms with Crippen LogP contribution in [0.2, 0.25) is 0 Å². The molecule has 0 unspecified atom stereocenters. The molecule has 18 heavy (non-hydrogen) atoms. The summed E-state index contributed by atoms with van der Waals surface area (Å²) < 4.78 is 0. The molecule has 1 aliphatic heterocycles. The Bertz CT molecular complexity index is 450. The number of anilines is 1. The van der Waals surface area contributed by atoms with Crippen molar-refractivity contribution in [3.8, 4) is 0 Å². The third-order valence-corrected chi connectivity index (χ3v) is 3.72. The highest BCUT2D eigenvalue weighted by Gasteiger charge is 2.28. The van der Waals surface area contributed by atoms with Crippen molar-refractivity contribution in [3.63, 3.8) is 0 Å². The lowest BCUT2D eigenvalue weighted by Crippen LogP contribution is -2.51. The zero-order valence-corrected chi connectivity index (χ0v) is 11.7. The molecule has 1 fully saturated rings. The van der Waals surface area contributed by atoms with E-state index in [1.807, 2.05) is 11.9 Å². The summed E-state index contributed by atoms with van der Waals surface area (Å²) >= 11 is 0. The molecule has 1 heterocycles. The van der Waals surface area contributed by atoms with Crippen molar-refractivity contribution < 1.29 is 4.79 Å². The fourth-order valence-corrected chi connectivity index (χ4v) is 2.20. The summed E-state index contributed by atoms with van der Waals surface area (Å²) in [5.41, 5.74) is 3.47. The SMILES string of the molecule is Cc1ccc(C(C)C)cc1N(C)C(=O)C1CNC1. The molecule has 0 saturated carbocycles. The zero-order chi connectivity index (χ0) is 13.3. The predicted octanol–water partition coefficient (Wildman–Crippen LogP) is 2.30. The third-order valence-electron chi connectivity index (χ3n) is 3.72. The van der Waals surface area contributed by atoms with E-state index in [0.29, 0.717) is 5.92 Å². The van der Waals surface area contributed by atoms with E-state index in [2.05, 4.69) is 44.3 Å². The minimum atomic E-state index is 0.150. The van der Waals surface area contributed by atoms with Crippen molar-refractivity contribution in [3.05, 3.63) is 29.3 Å². The van der Waals surface area contributed by atoms with E-state index in [4.69, 9.17) is 0 Å². The molecule has 1 N–H and O–H groups in total. The lowest BCUT2D eigenvalue weighted by Gasteiger charge is -2.31. The van der Waals surface area contributed by atoms with Crippen molar-refractivity contribution in [2.45, 2.75) is 26.7 Å². The van der Waals surface area contributed by atoms with E-state index < -0.39 is 0 Å². The van der Waals surface area contributed by atoms with Crippen LogP contribution < -0.4 is 10.2 Å². The summed E-state index contributed by atoms with van der Waals surface area (Å²) in [6.45, 7) is 8.03. The van der Waals surface area contributed by atoms with Crippen LogP contribution in [-0.4, -0.2) is 26.0 Å². The van der Waals surface area contributed by atoms with Crippen LogP contribution in [0.25, 0.3) is 0 Å². The van der Waals surface area contributed by atoms with Crippen LogP contribution >= 0.6 is 0 Å². The Labute approximate surface area is 109 Å². The number of rotatable bonds is 3. The van der Waals surface area contributed by atoms with Gasteiger partial charge in [-0.05, 0) is 30.0 Å². The Kier molecular flexibility index (Phi) is 3.71. The van der Waals surface area contributed by atoms with Gasteiger partial charge in [0.15, 0.2) is 0 Å². The van der Waals surface area contributed by atoms with Gasteiger partial charge in [0.2, 0.25) is 5.91 Å². The largest absolute Gasteiger partial charge is 0.315 e. The van der Waals surface area contributed by atoms with E-state index in [1.165, 1.54) is 5.56 Å². The number of carbonyl (C=O) groups excluding carboxylic acids is 1. The molecule has 1 saturated heterocycles. The first-order valence-corrected chi connectivity index (χ1v) is 6.59. The fraction of sp³-hybridized carbons (Fsp3) is 0.533. The molecule has 0 spiro atoms. The van der Waals surface area contributed by atoms with E-state index in [9.17, 15) is 4.79 Å². The number of amides is 1. The van der Waals surface area contributed by atoms with E-state index in [-0.39, 0.29) is 11.8 Å². The Hall–Kier alpha value is -1.35. The second-order valence-electron chi connectivity index (χ2n) is 5.45. The average molecular weight is 246 g/mol. The first-order chi connectivity index (χ1) is 8.50. The molecule has 0 aliphatic carbocycles. The first kappa shape index (κ1) is 13.1. The minimum Gasteiger partial charge on any atom is -0.315 e. The predicted molar refractivity (Wildman–Crippen MR) is 75.0 cm³/mol. The topological polar surface area (TPSA) is 32.3 Å². The number of hydrogen-bond acceptors (Lipinski definition) is 2. The third kappa shape index (κ3) is 2.41. The summed E-state index contributed by atoms with van der Waals surface area (Å²) in [6, 6.07) is 6.39. The summed E-state index contributed by atoms with van der Waals surface area (Å²) in [7, 11) is 1.88. The van der Waals surface area contributed by atoms with Crippen molar-refractivity contribution in [1.29, 1.82) is 0 Å². The van der Waals surface area contributed by atoms with Crippen molar-refractivity contribution in [2.24, 2.45) is 5.92 Å². The Morgan fingerprint density at radius 1 is 1.39 bits per heavy atom. The van der Waals surface area contributed by atoms with Crippen LogP contribution in [0.4, 0.5) is 5.69 Å². The van der Waals surface area contributed by atoms with Crippen molar-refractivity contribution in [1.82, 2.24) is 5.32 Å². The van der Waals surface area contributed by atoms with Gasteiger partial charge in [0, 0.05) is 25.8 Å². The fourth-order valence-electron chi connectivity index (χ4n) is 2.20. The molecule has 98 valence electrons. The average Bonchev–Trinajstić information content (AvgIpc) is 2.26. The lowest BCUT2D eigenvalue weighted by atomic mass is 9.98. The van der Waals surface area contributed by atoms with E-state index in [0.717, 1.165) is 24.3 Å². The number of benzene rings is 1. The maximum absolute atomic E-state index is 12.2. The van der Waals surface area contributed by atoms with Gasteiger partial charge in [0.25, 0.3) is 0 Å². The second kappa shape index (κ2) is 5.11. The van der Waals surface area contributed by atoms with Crippen molar-refractivity contribution in [2.75, 3.05) is 25.0 Å². The van der Waals surface area contributed by atoms with Crippen LogP contribution in [0.3, 0.4) is 0 Å². The maximum atomic E-state index is 12.2. The van der Waals surface area contributed by atoms with Gasteiger partial charge in [-0.3, -0.25) is 4.79 Å². The molecule has 1 aliphatic rings. The summed E-state index contributed by atoms with van der Waals surface area (Å²) in [5.74, 6) is 0.855. The number of nitrogens with one attached hydrogen (secondary N) is 1. The van der Waals surface area contributed by atoms with Gasteiger partial charge in [0.1, 0.15) is 0 Å². The Morgan fingerprint density at radius 3 is 2.56 bits per heavy atom. The van der Waals surface area contributed by atoms with Gasteiger partial charge < -0.3 is 10.2 Å². The van der Waals surface area contributed by atoms with Gasteiger partial charge in [-0.2, -0.15) is 0 Å². The quantitative estimate of drug-likeness (QED) is 0.887. The van der Waals surface area contributed by atoms with Crippen LogP contribution in [-0.2, 0) is 4.79 Å². The molecule has 1 aromatic rings. The van der Waals surface area contributed by atoms with Gasteiger partial charge in [-0.1, -0.05) is 26.0 Å². The minimum absolute atomic E-state index is 0.150. The Morgan fingerprint density at radius 2 is 2.06 bits per heavy atom. The second-order valence-corrected chi connectivity index (χ2v) is 5.45. The summed E-state index contributed by atoms with van der Waals surface area (Å²) in [4.78, 5) is 14.1. The lowest BCUT2D eigenvalue weighted by molar-refractivity contribution is -0.123. The first-order valence-electron chi connectivity index (χ1n) is 6.59. The molecule has 0 radical (unpaired) electrons. The van der Waals surface area contributed by atoms with Crippen LogP contribution in [0.5, 0.6) is 0 Å². The van der Waals surface area contributed by atoms with Crippen LogP contribution in [0.15, 0.2) is 18.2 Å². The molecule has 1 amide bonds. The molecule has 0 bridgehead atoms. The number of hydrogen-bond donors (Lipinski definition) is 1. The standard InChI is InChI=1S/C15H22N2O/c1-10(2)12-6-5-11(3)14(7-12)17(4)15(18)13-8-16-9-13/h5-7,10,13,16H,8-9H2,1-4H3. The van der Waals surface area contributed by atoms with E-state index in [1.54, 1.807) is 0 Å². The number of aryl methyl sites for hydroxylation is 1. The summed E-state index contributed by atoms with van der Waals surface area (Å²) in [6.07, 6.45) is 0. The molecule has 0 aromatic heterocycles.